The van der Waals surface area contributed by atoms with E-state index >= 15 is 0 Å². The van der Waals surface area contributed by atoms with Gasteiger partial charge in [-0.2, -0.15) is 0 Å². The van der Waals surface area contributed by atoms with Crippen LogP contribution in [0.3, 0.4) is 0 Å². The van der Waals surface area contributed by atoms with Crippen molar-refractivity contribution in [2.45, 2.75) is 25.8 Å². The van der Waals surface area contributed by atoms with Crippen LogP contribution in [0.1, 0.15) is 23.9 Å². The fourth-order valence-corrected chi connectivity index (χ4v) is 3.74. The molecule has 0 amide bonds. The molecule has 4 rings (SSSR count). The number of nitrogens with one attached hydrogen (secondary N) is 1. The van der Waals surface area contributed by atoms with Gasteiger partial charge in [0.15, 0.2) is 0 Å². The van der Waals surface area contributed by atoms with Gasteiger partial charge in [0.05, 0.1) is 22.2 Å². The molecule has 0 saturated carbocycles. The average Bonchev–Trinajstić information content (AvgIpc) is 3.18. The standard InChI is InChI=1S/C20H24FN5O2/c1-3-25-8-4-6-13(12-25)22-20-24-23-19(16-7-5-9-26(16)20)18-15(21)10-14(28-2)11-17(18)27/h5,7,9-11,13,27H,3-4,6,8,12H2,1-2H3,(H,22,24)/t13-/m1/s1/i2D3. The summed E-state index contributed by atoms with van der Waals surface area (Å²) in [7, 11) is -2.76. The summed E-state index contributed by atoms with van der Waals surface area (Å²) in [4.78, 5) is 2.37. The maximum atomic E-state index is 14.8. The number of hydrogen-bond acceptors (Lipinski definition) is 6. The maximum absolute atomic E-state index is 14.8. The molecule has 7 nitrogen and oxygen atoms in total. The Hall–Kier alpha value is -2.87. The zero-order valence-electron chi connectivity index (χ0n) is 18.5. The van der Waals surface area contributed by atoms with Crippen LogP contribution in [0.15, 0.2) is 30.5 Å². The van der Waals surface area contributed by atoms with Gasteiger partial charge in [-0.15, -0.1) is 10.2 Å². The first-order chi connectivity index (χ1) is 14.7. The molecule has 1 saturated heterocycles. The number of anilines is 1. The van der Waals surface area contributed by atoms with Crippen molar-refractivity contribution in [2.24, 2.45) is 0 Å². The van der Waals surface area contributed by atoms with E-state index in [1.807, 2.05) is 0 Å². The van der Waals surface area contributed by atoms with E-state index in [1.54, 1.807) is 22.7 Å². The zero-order valence-corrected chi connectivity index (χ0v) is 15.5. The second-order valence-electron chi connectivity index (χ2n) is 6.91. The third-order valence-corrected chi connectivity index (χ3v) is 5.15. The Balaban J connectivity index is 1.67. The molecule has 0 aliphatic carbocycles. The number of benzene rings is 1. The normalized spacial score (nSPS) is 19.8. The largest absolute Gasteiger partial charge is 0.507 e. The lowest BCUT2D eigenvalue weighted by atomic mass is 10.1. The van der Waals surface area contributed by atoms with Crippen LogP contribution in [-0.4, -0.2) is 57.3 Å². The lowest BCUT2D eigenvalue weighted by Gasteiger charge is -2.32. The number of ether oxygens (including phenoxy) is 1. The van der Waals surface area contributed by atoms with Crippen molar-refractivity contribution in [1.29, 1.82) is 0 Å². The van der Waals surface area contributed by atoms with E-state index in [-0.39, 0.29) is 23.0 Å². The Kier molecular flexibility index (Phi) is 4.12. The molecule has 0 unspecified atom stereocenters. The summed E-state index contributed by atoms with van der Waals surface area (Å²) in [5.41, 5.74) is 0.527. The van der Waals surface area contributed by atoms with Gasteiger partial charge in [-0.05, 0) is 38.1 Å². The van der Waals surface area contributed by atoms with Crippen LogP contribution in [0.4, 0.5) is 10.3 Å². The Morgan fingerprint density at radius 3 is 3.11 bits per heavy atom. The summed E-state index contributed by atoms with van der Waals surface area (Å²) in [6, 6.07) is 5.73. The van der Waals surface area contributed by atoms with Gasteiger partial charge in [0, 0.05) is 30.9 Å². The Morgan fingerprint density at radius 2 is 2.32 bits per heavy atom. The summed E-state index contributed by atoms with van der Waals surface area (Å²) < 4.78 is 42.7. The molecule has 0 spiro atoms. The molecule has 2 aromatic heterocycles. The number of halogens is 1. The van der Waals surface area contributed by atoms with Crippen LogP contribution in [0.5, 0.6) is 11.5 Å². The Labute approximate surface area is 167 Å². The van der Waals surface area contributed by atoms with E-state index in [0.29, 0.717) is 11.5 Å². The first kappa shape index (κ1) is 15.1. The molecule has 0 radical (unpaired) electrons. The number of hydrogen-bond donors (Lipinski definition) is 2. The highest BCUT2D eigenvalue weighted by Crippen LogP contribution is 2.36. The predicted molar refractivity (Wildman–Crippen MR) is 105 cm³/mol. The predicted octanol–water partition coefficient (Wildman–Crippen LogP) is 3.15. The minimum Gasteiger partial charge on any atom is -0.507 e. The van der Waals surface area contributed by atoms with Crippen LogP contribution in [0.25, 0.3) is 16.8 Å². The lowest BCUT2D eigenvalue weighted by molar-refractivity contribution is 0.226. The number of likely N-dealkylation sites (N-methyl/N-ethyl adjacent to an activating group) is 1. The number of likely N-dealkylation sites (tertiary alicyclic amines) is 1. The highest BCUT2D eigenvalue weighted by Gasteiger charge is 2.22. The van der Waals surface area contributed by atoms with Crippen LogP contribution < -0.4 is 10.1 Å². The topological polar surface area (TPSA) is 74.9 Å². The van der Waals surface area contributed by atoms with Gasteiger partial charge in [0.1, 0.15) is 23.0 Å². The van der Waals surface area contributed by atoms with Crippen LogP contribution >= 0.6 is 0 Å². The molecule has 28 heavy (non-hydrogen) atoms. The molecule has 3 heterocycles. The van der Waals surface area contributed by atoms with Crippen LogP contribution in [0, 0.1) is 5.82 Å². The number of phenols is 1. The zero-order chi connectivity index (χ0) is 22.2. The number of nitrogens with zero attached hydrogens (tertiary/aromatic N) is 4. The van der Waals surface area contributed by atoms with Crippen molar-refractivity contribution in [1.82, 2.24) is 19.5 Å². The van der Waals surface area contributed by atoms with Gasteiger partial charge < -0.3 is 20.1 Å². The van der Waals surface area contributed by atoms with E-state index < -0.39 is 18.6 Å². The third-order valence-electron chi connectivity index (χ3n) is 5.15. The van der Waals surface area contributed by atoms with Gasteiger partial charge in [-0.3, -0.25) is 4.40 Å². The third kappa shape index (κ3) is 3.35. The van der Waals surface area contributed by atoms with Gasteiger partial charge in [-0.1, -0.05) is 6.92 Å². The molecular weight excluding hydrogens is 361 g/mol. The van der Waals surface area contributed by atoms with Crippen LogP contribution in [0.2, 0.25) is 0 Å². The summed E-state index contributed by atoms with van der Waals surface area (Å²) in [6.07, 6.45) is 3.90. The van der Waals surface area contributed by atoms with Crippen molar-refractivity contribution in [3.8, 4) is 22.8 Å². The van der Waals surface area contributed by atoms with Crippen molar-refractivity contribution in [3.63, 3.8) is 0 Å². The minimum absolute atomic E-state index is 0.143. The van der Waals surface area contributed by atoms with Crippen molar-refractivity contribution < 1.29 is 18.3 Å². The summed E-state index contributed by atoms with van der Waals surface area (Å²) >= 11 is 0. The van der Waals surface area contributed by atoms with Gasteiger partial charge in [0.25, 0.3) is 0 Å². The summed E-state index contributed by atoms with van der Waals surface area (Å²) in [5.74, 6) is -1.10. The number of fused-ring (bicyclic) bond motifs is 1. The van der Waals surface area contributed by atoms with Crippen molar-refractivity contribution in [2.75, 3.05) is 32.0 Å². The maximum Gasteiger partial charge on any atom is 0.228 e. The molecule has 1 aliphatic rings. The number of rotatable bonds is 5. The number of methoxy groups -OCH3 is 1. The number of phenolic OH excluding ortho intramolecular Hbond substituents is 1. The second-order valence-corrected chi connectivity index (χ2v) is 6.91. The van der Waals surface area contributed by atoms with Gasteiger partial charge in [-0.25, -0.2) is 4.39 Å². The fraction of sp³-hybridized carbons (Fsp3) is 0.400. The minimum atomic E-state index is -2.76. The molecule has 1 fully saturated rings. The number of aromatic hydroxyl groups is 1. The molecule has 2 N–H and O–H groups in total. The number of aromatic nitrogens is 3. The van der Waals surface area contributed by atoms with E-state index in [2.05, 4.69) is 27.3 Å². The molecule has 148 valence electrons. The highest BCUT2D eigenvalue weighted by atomic mass is 19.1. The van der Waals surface area contributed by atoms with E-state index in [0.717, 1.165) is 44.6 Å². The quantitative estimate of drug-likeness (QED) is 0.699. The van der Waals surface area contributed by atoms with Gasteiger partial charge in [0.2, 0.25) is 5.95 Å². The molecule has 1 atom stereocenters. The second kappa shape index (κ2) is 7.63. The first-order valence-corrected chi connectivity index (χ1v) is 9.29. The monoisotopic (exact) mass is 388 g/mol. The lowest BCUT2D eigenvalue weighted by Crippen LogP contribution is -2.42. The smallest absolute Gasteiger partial charge is 0.228 e. The number of piperidine rings is 1. The first-order valence-electron chi connectivity index (χ1n) is 10.8. The molecule has 0 bridgehead atoms. The Morgan fingerprint density at radius 1 is 1.43 bits per heavy atom. The SMILES string of the molecule is [2H]C([2H])([2H])Oc1cc(O)c(-c2nnc(N[C@@H]3CCCN(CC)C3)n3cccc23)c(F)c1. The average molecular weight is 388 g/mol. The van der Waals surface area contributed by atoms with E-state index in [1.165, 1.54) is 0 Å². The van der Waals surface area contributed by atoms with Crippen molar-refractivity contribution in [3.05, 3.63) is 36.3 Å². The van der Waals surface area contributed by atoms with E-state index in [9.17, 15) is 9.50 Å². The molecule has 1 aromatic carbocycles. The molecular formula is C20H24FN5O2. The summed E-state index contributed by atoms with van der Waals surface area (Å²) in [5, 5.41) is 22.3. The molecule has 8 heteroatoms. The Bertz CT molecular complexity index is 1070. The van der Waals surface area contributed by atoms with Crippen molar-refractivity contribution >= 4 is 11.5 Å². The summed E-state index contributed by atoms with van der Waals surface area (Å²) in [6.45, 7) is 5.11. The molecule has 1 aliphatic heterocycles. The molecule has 3 aromatic rings. The van der Waals surface area contributed by atoms with E-state index in [4.69, 9.17) is 8.85 Å². The fourth-order valence-electron chi connectivity index (χ4n) is 3.74. The van der Waals surface area contributed by atoms with Crippen LogP contribution in [-0.2, 0) is 0 Å². The van der Waals surface area contributed by atoms with Gasteiger partial charge >= 0.3 is 0 Å². The highest BCUT2D eigenvalue weighted by molar-refractivity contribution is 5.82.